The van der Waals surface area contributed by atoms with Crippen LogP contribution in [-0.4, -0.2) is 27.8 Å². The highest BCUT2D eigenvalue weighted by molar-refractivity contribution is 7.98. The molecule has 0 radical (unpaired) electrons. The topological polar surface area (TPSA) is 81.1 Å². The summed E-state index contributed by atoms with van der Waals surface area (Å²) in [6, 6.07) is 25.6. The summed E-state index contributed by atoms with van der Waals surface area (Å²) in [5.41, 5.74) is 5.32. The number of fused-ring (bicyclic) bond motifs is 1. The summed E-state index contributed by atoms with van der Waals surface area (Å²) in [7, 11) is 1.59. The first-order valence-corrected chi connectivity index (χ1v) is 13.6. The first-order chi connectivity index (χ1) is 18.4. The van der Waals surface area contributed by atoms with Crippen molar-refractivity contribution in [2.24, 2.45) is 0 Å². The minimum absolute atomic E-state index is 0.225. The van der Waals surface area contributed by atoms with Gasteiger partial charge in [-0.1, -0.05) is 92.3 Å². The average Bonchev–Trinajstić information content (AvgIpc) is 3.34. The number of methoxy groups -OCH3 is 1. The second kappa shape index (κ2) is 11.1. The Balaban J connectivity index is 1.51. The van der Waals surface area contributed by atoms with Crippen LogP contribution in [0.25, 0.3) is 0 Å². The molecular weight excluding hydrogens is 494 g/mol. The number of anilines is 2. The lowest BCUT2D eigenvalue weighted by molar-refractivity contribution is -0.113. The number of nitrogens with one attached hydrogen (secondary N) is 2. The van der Waals surface area contributed by atoms with Gasteiger partial charge in [0.1, 0.15) is 11.8 Å². The number of amides is 1. The van der Waals surface area contributed by atoms with Crippen molar-refractivity contribution in [1.82, 2.24) is 14.8 Å². The highest BCUT2D eigenvalue weighted by Crippen LogP contribution is 2.38. The zero-order chi connectivity index (χ0) is 26.6. The van der Waals surface area contributed by atoms with E-state index in [1.165, 1.54) is 11.1 Å². The summed E-state index contributed by atoms with van der Waals surface area (Å²) in [6.07, 6.45) is 0. The number of hydrogen-bond acceptors (Lipinski definition) is 6. The lowest BCUT2D eigenvalue weighted by Gasteiger charge is -2.29. The first-order valence-electron chi connectivity index (χ1n) is 12.6. The van der Waals surface area contributed by atoms with E-state index in [4.69, 9.17) is 14.8 Å². The molecule has 8 heteroatoms. The molecule has 1 amide bonds. The molecule has 0 aliphatic carbocycles. The largest absolute Gasteiger partial charge is 0.495 e. The molecule has 1 aliphatic rings. The number of hydrogen-bond donors (Lipinski definition) is 2. The molecule has 1 aromatic heterocycles. The molecular formula is C30H31N5O2S. The van der Waals surface area contributed by atoms with Gasteiger partial charge in [0.15, 0.2) is 0 Å². The van der Waals surface area contributed by atoms with E-state index in [2.05, 4.69) is 60.9 Å². The van der Waals surface area contributed by atoms with E-state index < -0.39 is 6.04 Å². The van der Waals surface area contributed by atoms with Gasteiger partial charge in [-0.25, -0.2) is 4.68 Å². The second-order valence-corrected chi connectivity index (χ2v) is 10.4. The van der Waals surface area contributed by atoms with Crippen LogP contribution in [0.3, 0.4) is 0 Å². The van der Waals surface area contributed by atoms with Crippen molar-refractivity contribution in [2.45, 2.75) is 43.6 Å². The first kappa shape index (κ1) is 25.6. The van der Waals surface area contributed by atoms with Crippen molar-refractivity contribution in [2.75, 3.05) is 17.7 Å². The van der Waals surface area contributed by atoms with E-state index in [0.717, 1.165) is 17.0 Å². The van der Waals surface area contributed by atoms with Gasteiger partial charge in [-0.05, 0) is 41.7 Å². The summed E-state index contributed by atoms with van der Waals surface area (Å²) in [4.78, 5) is 18.6. The van der Waals surface area contributed by atoms with E-state index in [0.29, 0.717) is 34.0 Å². The van der Waals surface area contributed by atoms with Crippen molar-refractivity contribution in [1.29, 1.82) is 0 Å². The number of benzene rings is 3. The fraction of sp³-hybridized carbons (Fsp3) is 0.233. The van der Waals surface area contributed by atoms with E-state index in [1.807, 2.05) is 54.1 Å². The highest BCUT2D eigenvalue weighted by atomic mass is 32.2. The van der Waals surface area contributed by atoms with Crippen molar-refractivity contribution in [3.63, 3.8) is 0 Å². The Kier molecular flexibility index (Phi) is 7.51. The molecule has 0 spiro atoms. The van der Waals surface area contributed by atoms with Gasteiger partial charge in [0.2, 0.25) is 11.1 Å². The van der Waals surface area contributed by atoms with Crippen LogP contribution < -0.4 is 15.4 Å². The fourth-order valence-corrected chi connectivity index (χ4v) is 5.30. The summed E-state index contributed by atoms with van der Waals surface area (Å²) in [5, 5.41) is 11.9. The molecule has 194 valence electrons. The molecule has 0 unspecified atom stereocenters. The fourth-order valence-electron chi connectivity index (χ4n) is 4.52. The summed E-state index contributed by atoms with van der Waals surface area (Å²) in [6.45, 7) is 6.24. The number of rotatable bonds is 8. The minimum Gasteiger partial charge on any atom is -0.495 e. The number of thioether (sulfide) groups is 1. The zero-order valence-corrected chi connectivity index (χ0v) is 22.8. The third-order valence-corrected chi connectivity index (χ3v) is 7.47. The average molecular weight is 526 g/mol. The van der Waals surface area contributed by atoms with Crippen molar-refractivity contribution < 1.29 is 9.53 Å². The highest BCUT2D eigenvalue weighted by Gasteiger charge is 2.34. The van der Waals surface area contributed by atoms with E-state index in [-0.39, 0.29) is 5.91 Å². The van der Waals surface area contributed by atoms with Crippen LogP contribution in [0.4, 0.5) is 11.6 Å². The number of allylic oxidation sites excluding steroid dienone is 1. The third kappa shape index (κ3) is 5.31. The van der Waals surface area contributed by atoms with Crippen molar-refractivity contribution in [3.8, 4) is 5.75 Å². The SMILES string of the molecule is COc1ccccc1NC(=O)C1=C(C)Nc2nc(SCc3ccccc3)nn2[C@@H]1c1ccc(C(C)C)cc1. The molecule has 0 saturated carbocycles. The minimum atomic E-state index is -0.444. The number of carbonyl (C=O) groups is 1. The molecule has 0 bridgehead atoms. The lowest BCUT2D eigenvalue weighted by atomic mass is 9.92. The number of ether oxygens (including phenoxy) is 1. The Hall–Kier alpha value is -4.04. The maximum Gasteiger partial charge on any atom is 0.255 e. The van der Waals surface area contributed by atoms with Crippen LogP contribution in [-0.2, 0) is 10.5 Å². The number of nitrogens with zero attached hydrogens (tertiary/aromatic N) is 3. The number of carbonyl (C=O) groups excluding carboxylic acids is 1. The Morgan fingerprint density at radius 1 is 1.05 bits per heavy atom. The molecule has 1 aliphatic heterocycles. The Morgan fingerprint density at radius 3 is 2.47 bits per heavy atom. The number of aromatic nitrogens is 3. The molecule has 7 nitrogen and oxygen atoms in total. The Labute approximate surface area is 227 Å². The summed E-state index contributed by atoms with van der Waals surface area (Å²) < 4.78 is 7.27. The van der Waals surface area contributed by atoms with E-state index >= 15 is 0 Å². The van der Waals surface area contributed by atoms with Crippen LogP contribution in [0.2, 0.25) is 0 Å². The van der Waals surface area contributed by atoms with E-state index in [9.17, 15) is 4.79 Å². The molecule has 1 atom stereocenters. The molecule has 2 N–H and O–H groups in total. The molecule has 5 rings (SSSR count). The zero-order valence-electron chi connectivity index (χ0n) is 21.9. The predicted molar refractivity (Wildman–Crippen MR) is 153 cm³/mol. The van der Waals surface area contributed by atoms with Gasteiger partial charge in [0.05, 0.1) is 18.4 Å². The molecule has 3 aromatic carbocycles. The monoisotopic (exact) mass is 525 g/mol. The van der Waals surface area contributed by atoms with Crippen LogP contribution >= 0.6 is 11.8 Å². The molecule has 4 aromatic rings. The quantitative estimate of drug-likeness (QED) is 0.251. The van der Waals surface area contributed by atoms with Gasteiger partial charge < -0.3 is 15.4 Å². The molecule has 38 heavy (non-hydrogen) atoms. The summed E-state index contributed by atoms with van der Waals surface area (Å²) in [5.74, 6) is 2.15. The smallest absolute Gasteiger partial charge is 0.255 e. The Morgan fingerprint density at radius 2 is 1.76 bits per heavy atom. The second-order valence-electron chi connectivity index (χ2n) is 9.48. The van der Waals surface area contributed by atoms with Gasteiger partial charge in [-0.3, -0.25) is 4.79 Å². The molecule has 0 fully saturated rings. The third-order valence-electron chi connectivity index (χ3n) is 6.56. The van der Waals surface area contributed by atoms with Gasteiger partial charge >= 0.3 is 0 Å². The van der Waals surface area contributed by atoms with Gasteiger partial charge in [-0.15, -0.1) is 5.10 Å². The molecule has 2 heterocycles. The van der Waals surface area contributed by atoms with Crippen molar-refractivity contribution >= 4 is 29.3 Å². The molecule has 0 saturated heterocycles. The van der Waals surface area contributed by atoms with Gasteiger partial charge in [-0.2, -0.15) is 4.98 Å². The van der Waals surface area contributed by atoms with E-state index in [1.54, 1.807) is 18.9 Å². The van der Waals surface area contributed by atoms with Crippen molar-refractivity contribution in [3.05, 3.63) is 107 Å². The van der Waals surface area contributed by atoms with Gasteiger partial charge in [0, 0.05) is 11.4 Å². The number of para-hydroxylation sites is 2. The predicted octanol–water partition coefficient (Wildman–Crippen LogP) is 6.63. The van der Waals surface area contributed by atoms with Crippen LogP contribution in [0.1, 0.15) is 49.4 Å². The van der Waals surface area contributed by atoms with Crippen LogP contribution in [0.5, 0.6) is 5.75 Å². The van der Waals surface area contributed by atoms with Crippen LogP contribution in [0.15, 0.2) is 95.3 Å². The normalized spacial score (nSPS) is 14.7. The lowest BCUT2D eigenvalue weighted by Crippen LogP contribution is -2.31. The maximum absolute atomic E-state index is 13.8. The Bertz CT molecular complexity index is 1460. The summed E-state index contributed by atoms with van der Waals surface area (Å²) >= 11 is 1.57. The van der Waals surface area contributed by atoms with Gasteiger partial charge in [0.25, 0.3) is 5.91 Å². The standard InChI is InChI=1S/C30H31N5O2S/c1-19(2)22-14-16-23(17-15-22)27-26(28(36)32-24-12-8-9-13-25(24)37-4)20(3)31-29-33-30(34-35(27)29)38-18-21-10-6-5-7-11-21/h5-17,19,27H,18H2,1-4H3,(H,32,36)(H,31,33,34)/t27-/m1/s1. The van der Waals surface area contributed by atoms with Crippen LogP contribution in [0, 0.1) is 0 Å². The maximum atomic E-state index is 13.8.